The maximum atomic E-state index is 5.65. The van der Waals surface area contributed by atoms with Crippen LogP contribution in [0.1, 0.15) is 48.9 Å². The molecule has 0 radical (unpaired) electrons. The molecule has 0 aliphatic heterocycles. The van der Waals surface area contributed by atoms with Crippen LogP contribution < -0.4 is 5.32 Å². The molecule has 1 atom stereocenters. The summed E-state index contributed by atoms with van der Waals surface area (Å²) in [6.07, 6.45) is 4.21. The number of rotatable bonds is 6. The van der Waals surface area contributed by atoms with Gasteiger partial charge in [-0.3, -0.25) is 0 Å². The average Bonchev–Trinajstić information content (AvgIpc) is 2.36. The van der Waals surface area contributed by atoms with Crippen LogP contribution in [0.15, 0.2) is 18.2 Å². The summed E-state index contributed by atoms with van der Waals surface area (Å²) in [6.45, 7) is 7.36. The molecule has 2 nitrogen and oxygen atoms in total. The zero-order valence-corrected chi connectivity index (χ0v) is 12.7. The van der Waals surface area contributed by atoms with Crippen LogP contribution in [-0.2, 0) is 4.74 Å². The Morgan fingerprint density at radius 1 is 1.32 bits per heavy atom. The van der Waals surface area contributed by atoms with E-state index in [1.807, 2.05) is 0 Å². The lowest BCUT2D eigenvalue weighted by molar-refractivity contribution is -0.0289. The summed E-state index contributed by atoms with van der Waals surface area (Å²) in [7, 11) is 2.07. The number of hydrogen-bond donors (Lipinski definition) is 1. The van der Waals surface area contributed by atoms with Crippen molar-refractivity contribution in [3.8, 4) is 0 Å². The summed E-state index contributed by atoms with van der Waals surface area (Å²) < 4.78 is 5.65. The summed E-state index contributed by atoms with van der Waals surface area (Å²) >= 11 is 0. The predicted molar refractivity (Wildman–Crippen MR) is 80.5 cm³/mol. The molecule has 0 bridgehead atoms. The molecular formula is C17H27NO. The molecule has 2 rings (SSSR count). The monoisotopic (exact) mass is 261 g/mol. The molecule has 0 heterocycles. The molecule has 0 spiro atoms. The predicted octanol–water partition coefficient (Wildman–Crippen LogP) is 3.77. The lowest BCUT2D eigenvalue weighted by Crippen LogP contribution is -2.34. The van der Waals surface area contributed by atoms with Gasteiger partial charge in [0.25, 0.3) is 0 Å². The van der Waals surface area contributed by atoms with Gasteiger partial charge in [0.15, 0.2) is 0 Å². The topological polar surface area (TPSA) is 21.3 Å². The van der Waals surface area contributed by atoms with Crippen LogP contribution in [0.2, 0.25) is 0 Å². The number of nitrogens with one attached hydrogen (secondary N) is 1. The third kappa shape index (κ3) is 3.37. The van der Waals surface area contributed by atoms with E-state index in [1.165, 1.54) is 36.0 Å². The van der Waals surface area contributed by atoms with Crippen molar-refractivity contribution in [2.24, 2.45) is 5.92 Å². The molecule has 1 aliphatic rings. The van der Waals surface area contributed by atoms with Gasteiger partial charge in [-0.15, -0.1) is 0 Å². The van der Waals surface area contributed by atoms with Gasteiger partial charge in [0.05, 0.1) is 6.10 Å². The molecular weight excluding hydrogens is 234 g/mol. The number of benzene rings is 1. The lowest BCUT2D eigenvalue weighted by Gasteiger charge is -2.37. The fraction of sp³-hybridized carbons (Fsp3) is 0.647. The van der Waals surface area contributed by atoms with Crippen LogP contribution in [0.5, 0.6) is 0 Å². The second-order valence-electron chi connectivity index (χ2n) is 5.78. The fourth-order valence-electron chi connectivity index (χ4n) is 3.12. The highest BCUT2D eigenvalue weighted by Gasteiger charge is 2.31. The van der Waals surface area contributed by atoms with Gasteiger partial charge in [0.1, 0.15) is 0 Å². The minimum atomic E-state index is 0.479. The number of hydrogen-bond acceptors (Lipinski definition) is 2. The molecule has 0 amide bonds. The maximum Gasteiger partial charge on any atom is 0.0580 e. The standard InChI is InChI=1S/C17H27NO/c1-5-19-15-9-14(10-15)11-17(18-4)16-8-6-7-12(2)13(16)3/h6-8,14-15,17-18H,5,9-11H2,1-4H3. The van der Waals surface area contributed by atoms with E-state index >= 15 is 0 Å². The van der Waals surface area contributed by atoms with Gasteiger partial charge < -0.3 is 10.1 Å². The molecule has 1 fully saturated rings. The Kier molecular flexibility index (Phi) is 5.00. The molecule has 1 saturated carbocycles. The quantitative estimate of drug-likeness (QED) is 0.841. The van der Waals surface area contributed by atoms with Crippen LogP contribution in [0.25, 0.3) is 0 Å². The van der Waals surface area contributed by atoms with Crippen molar-refractivity contribution in [2.75, 3.05) is 13.7 Å². The highest BCUT2D eigenvalue weighted by Crippen LogP contribution is 2.37. The van der Waals surface area contributed by atoms with Crippen molar-refractivity contribution in [1.82, 2.24) is 5.32 Å². The van der Waals surface area contributed by atoms with Gasteiger partial charge in [-0.25, -0.2) is 0 Å². The van der Waals surface area contributed by atoms with Crippen LogP contribution in [0, 0.1) is 19.8 Å². The largest absolute Gasteiger partial charge is 0.378 e. The molecule has 1 aromatic carbocycles. The van der Waals surface area contributed by atoms with Gasteiger partial charge in [-0.05, 0) is 69.7 Å². The molecule has 1 aromatic rings. The van der Waals surface area contributed by atoms with Gasteiger partial charge in [-0.2, -0.15) is 0 Å². The van der Waals surface area contributed by atoms with E-state index in [4.69, 9.17) is 4.74 Å². The van der Waals surface area contributed by atoms with E-state index in [1.54, 1.807) is 0 Å². The summed E-state index contributed by atoms with van der Waals surface area (Å²) in [5.41, 5.74) is 4.28. The summed E-state index contributed by atoms with van der Waals surface area (Å²) in [5.74, 6) is 0.814. The molecule has 1 N–H and O–H groups in total. The normalized spacial score (nSPS) is 24.0. The van der Waals surface area contributed by atoms with E-state index in [2.05, 4.69) is 51.3 Å². The van der Waals surface area contributed by atoms with Crippen LogP contribution >= 0.6 is 0 Å². The van der Waals surface area contributed by atoms with Crippen molar-refractivity contribution in [3.63, 3.8) is 0 Å². The molecule has 0 aromatic heterocycles. The third-order valence-electron chi connectivity index (χ3n) is 4.53. The maximum absolute atomic E-state index is 5.65. The smallest absolute Gasteiger partial charge is 0.0580 e. The van der Waals surface area contributed by atoms with Crippen molar-refractivity contribution in [3.05, 3.63) is 34.9 Å². The SMILES string of the molecule is CCOC1CC(CC(NC)c2cccc(C)c2C)C1. The van der Waals surface area contributed by atoms with Gasteiger partial charge >= 0.3 is 0 Å². The van der Waals surface area contributed by atoms with Gasteiger partial charge in [0.2, 0.25) is 0 Å². The van der Waals surface area contributed by atoms with Crippen LogP contribution in [-0.4, -0.2) is 19.8 Å². The van der Waals surface area contributed by atoms with E-state index in [-0.39, 0.29) is 0 Å². The van der Waals surface area contributed by atoms with Gasteiger partial charge in [-0.1, -0.05) is 18.2 Å². The Bertz CT molecular complexity index is 410. The summed E-state index contributed by atoms with van der Waals surface area (Å²) in [6, 6.07) is 7.11. The zero-order valence-electron chi connectivity index (χ0n) is 12.7. The van der Waals surface area contributed by atoms with Crippen molar-refractivity contribution in [2.45, 2.75) is 52.2 Å². The Morgan fingerprint density at radius 2 is 2.05 bits per heavy atom. The Balaban J connectivity index is 1.96. The van der Waals surface area contributed by atoms with E-state index < -0.39 is 0 Å². The average molecular weight is 261 g/mol. The Hall–Kier alpha value is -0.860. The zero-order chi connectivity index (χ0) is 13.8. The molecule has 0 saturated heterocycles. The van der Waals surface area contributed by atoms with E-state index in [9.17, 15) is 0 Å². The minimum absolute atomic E-state index is 0.479. The molecule has 2 heteroatoms. The molecule has 19 heavy (non-hydrogen) atoms. The summed E-state index contributed by atoms with van der Waals surface area (Å²) in [5, 5.41) is 3.49. The van der Waals surface area contributed by atoms with E-state index in [0.717, 1.165) is 12.5 Å². The molecule has 106 valence electrons. The second-order valence-corrected chi connectivity index (χ2v) is 5.78. The Labute approximate surface area is 117 Å². The van der Waals surface area contributed by atoms with Crippen molar-refractivity contribution in [1.29, 1.82) is 0 Å². The van der Waals surface area contributed by atoms with Crippen LogP contribution in [0.4, 0.5) is 0 Å². The highest BCUT2D eigenvalue weighted by atomic mass is 16.5. The Morgan fingerprint density at radius 3 is 2.68 bits per heavy atom. The third-order valence-corrected chi connectivity index (χ3v) is 4.53. The minimum Gasteiger partial charge on any atom is -0.378 e. The van der Waals surface area contributed by atoms with Gasteiger partial charge in [0, 0.05) is 12.6 Å². The lowest BCUT2D eigenvalue weighted by atomic mass is 9.76. The number of aryl methyl sites for hydroxylation is 1. The fourth-order valence-corrected chi connectivity index (χ4v) is 3.12. The number of ether oxygens (including phenoxy) is 1. The molecule has 1 unspecified atom stereocenters. The second kappa shape index (κ2) is 6.53. The van der Waals surface area contributed by atoms with Crippen molar-refractivity contribution < 1.29 is 4.74 Å². The van der Waals surface area contributed by atoms with Crippen LogP contribution in [0.3, 0.4) is 0 Å². The van der Waals surface area contributed by atoms with Crippen molar-refractivity contribution >= 4 is 0 Å². The molecule has 1 aliphatic carbocycles. The first kappa shape index (κ1) is 14.5. The first-order valence-corrected chi connectivity index (χ1v) is 7.50. The first-order valence-electron chi connectivity index (χ1n) is 7.50. The highest BCUT2D eigenvalue weighted by molar-refractivity contribution is 5.35. The first-order chi connectivity index (χ1) is 9.15. The summed E-state index contributed by atoms with van der Waals surface area (Å²) in [4.78, 5) is 0. The van der Waals surface area contributed by atoms with E-state index in [0.29, 0.717) is 12.1 Å².